The first-order valence-corrected chi connectivity index (χ1v) is 6.06. The second-order valence-electron chi connectivity index (χ2n) is 3.70. The van der Waals surface area contributed by atoms with Crippen molar-refractivity contribution in [1.29, 1.82) is 0 Å². The number of nitrogens with zero attached hydrogens (tertiary/aromatic N) is 2. The Morgan fingerprint density at radius 2 is 1.94 bits per heavy atom. The Balaban J connectivity index is 2.33. The first kappa shape index (κ1) is 11.3. The minimum atomic E-state index is 0.203. The predicted molar refractivity (Wildman–Crippen MR) is 67.6 cm³/mol. The van der Waals surface area contributed by atoms with E-state index in [0.29, 0.717) is 0 Å². The van der Waals surface area contributed by atoms with Gasteiger partial charge in [-0.3, -0.25) is 9.97 Å². The van der Waals surface area contributed by atoms with Crippen LogP contribution < -0.4 is 4.74 Å². The average molecular weight is 281 g/mol. The summed E-state index contributed by atoms with van der Waals surface area (Å²) in [6.07, 6.45) is 4.68. The highest BCUT2D eigenvalue weighted by Crippen LogP contribution is 2.20. The van der Waals surface area contributed by atoms with E-state index in [0.717, 1.165) is 27.7 Å². The zero-order valence-electron chi connectivity index (χ0n) is 9.27. The summed E-state index contributed by atoms with van der Waals surface area (Å²) in [5.41, 5.74) is 1.72. The molecule has 4 heteroatoms. The summed E-state index contributed by atoms with van der Waals surface area (Å²) in [5.74, 6) is 0.775. The maximum absolute atomic E-state index is 5.69. The van der Waals surface area contributed by atoms with Crippen molar-refractivity contribution in [2.75, 3.05) is 0 Å². The van der Waals surface area contributed by atoms with E-state index < -0.39 is 0 Å². The fourth-order valence-corrected chi connectivity index (χ4v) is 1.66. The molecule has 0 aliphatic heterocycles. The number of fused-ring (bicyclic) bond motifs is 1. The van der Waals surface area contributed by atoms with Crippen LogP contribution in [0.15, 0.2) is 29.0 Å². The van der Waals surface area contributed by atoms with Crippen LogP contribution in [-0.4, -0.2) is 16.1 Å². The Kier molecular flexibility index (Phi) is 3.39. The summed E-state index contributed by atoms with van der Waals surface area (Å²) < 4.78 is 6.62. The summed E-state index contributed by atoms with van der Waals surface area (Å²) in [6, 6.07) is 3.86. The molecular weight excluding hydrogens is 268 g/mol. The fourth-order valence-electron chi connectivity index (χ4n) is 1.34. The molecular formula is C12H13BrN2O. The third kappa shape index (κ3) is 2.50. The fraction of sp³-hybridized carbons (Fsp3) is 0.333. The van der Waals surface area contributed by atoms with E-state index in [-0.39, 0.29) is 6.10 Å². The molecule has 84 valence electrons. The number of halogens is 1. The van der Waals surface area contributed by atoms with Gasteiger partial charge in [-0.05, 0) is 35.3 Å². The van der Waals surface area contributed by atoms with Crippen LogP contribution in [0.25, 0.3) is 11.0 Å². The highest BCUT2D eigenvalue weighted by Gasteiger charge is 2.04. The van der Waals surface area contributed by atoms with E-state index >= 15 is 0 Å². The Hall–Kier alpha value is -1.16. The van der Waals surface area contributed by atoms with Crippen LogP contribution >= 0.6 is 15.9 Å². The average Bonchev–Trinajstić information content (AvgIpc) is 2.29. The van der Waals surface area contributed by atoms with Crippen LogP contribution in [0.4, 0.5) is 0 Å². The van der Waals surface area contributed by atoms with Crippen LogP contribution in [0.5, 0.6) is 5.75 Å². The highest BCUT2D eigenvalue weighted by atomic mass is 79.9. The summed E-state index contributed by atoms with van der Waals surface area (Å²) >= 11 is 3.37. The van der Waals surface area contributed by atoms with Gasteiger partial charge < -0.3 is 4.74 Å². The van der Waals surface area contributed by atoms with Gasteiger partial charge in [-0.2, -0.15) is 0 Å². The molecule has 16 heavy (non-hydrogen) atoms. The van der Waals surface area contributed by atoms with Gasteiger partial charge in [0.2, 0.25) is 0 Å². The Morgan fingerprint density at radius 3 is 2.69 bits per heavy atom. The van der Waals surface area contributed by atoms with Gasteiger partial charge in [0.1, 0.15) is 5.75 Å². The number of hydrogen-bond acceptors (Lipinski definition) is 3. The Labute approximate surface area is 103 Å². The summed E-state index contributed by atoms with van der Waals surface area (Å²) in [5, 5.41) is 0. The largest absolute Gasteiger partial charge is 0.489 e. The maximum Gasteiger partial charge on any atom is 0.140 e. The van der Waals surface area contributed by atoms with Crippen molar-refractivity contribution in [3.63, 3.8) is 0 Å². The van der Waals surface area contributed by atoms with Crippen molar-refractivity contribution < 1.29 is 4.74 Å². The number of pyridine rings is 2. The second kappa shape index (κ2) is 4.78. The summed E-state index contributed by atoms with van der Waals surface area (Å²) in [4.78, 5) is 8.60. The van der Waals surface area contributed by atoms with Gasteiger partial charge in [0.25, 0.3) is 0 Å². The van der Waals surface area contributed by atoms with E-state index in [2.05, 4.69) is 32.8 Å². The Morgan fingerprint density at radius 1 is 1.25 bits per heavy atom. The van der Waals surface area contributed by atoms with E-state index in [1.54, 1.807) is 12.4 Å². The molecule has 2 aromatic rings. The van der Waals surface area contributed by atoms with Crippen molar-refractivity contribution in [1.82, 2.24) is 9.97 Å². The van der Waals surface area contributed by atoms with Crippen LogP contribution in [-0.2, 0) is 0 Å². The van der Waals surface area contributed by atoms with Gasteiger partial charge in [0, 0.05) is 16.7 Å². The lowest BCUT2D eigenvalue weighted by Gasteiger charge is -2.12. The van der Waals surface area contributed by atoms with Gasteiger partial charge in [-0.1, -0.05) is 6.92 Å². The minimum absolute atomic E-state index is 0.203. The molecule has 0 aliphatic rings. The smallest absolute Gasteiger partial charge is 0.140 e. The summed E-state index contributed by atoms with van der Waals surface area (Å²) in [6.45, 7) is 4.13. The molecule has 0 saturated heterocycles. The molecule has 0 radical (unpaired) electrons. The zero-order chi connectivity index (χ0) is 11.5. The minimum Gasteiger partial charge on any atom is -0.489 e. The lowest BCUT2D eigenvalue weighted by atomic mass is 10.3. The first-order chi connectivity index (χ1) is 7.69. The molecule has 0 fully saturated rings. The number of ether oxygens (including phenoxy) is 1. The number of hydrogen-bond donors (Lipinski definition) is 0. The van der Waals surface area contributed by atoms with Crippen molar-refractivity contribution >= 4 is 27.0 Å². The molecule has 2 heterocycles. The number of rotatable bonds is 3. The SMILES string of the molecule is CCC(C)Oc1cnc2cc(Br)cnc2c1. The topological polar surface area (TPSA) is 35.0 Å². The van der Waals surface area contributed by atoms with Crippen LogP contribution in [0, 0.1) is 0 Å². The third-order valence-electron chi connectivity index (χ3n) is 2.39. The van der Waals surface area contributed by atoms with Gasteiger partial charge in [0.05, 0.1) is 23.3 Å². The molecule has 2 rings (SSSR count). The van der Waals surface area contributed by atoms with E-state index in [9.17, 15) is 0 Å². The molecule has 0 spiro atoms. The molecule has 0 aromatic carbocycles. The van der Waals surface area contributed by atoms with Crippen molar-refractivity contribution in [2.45, 2.75) is 26.4 Å². The lowest BCUT2D eigenvalue weighted by Crippen LogP contribution is -2.09. The molecule has 3 nitrogen and oxygen atoms in total. The molecule has 0 aliphatic carbocycles. The van der Waals surface area contributed by atoms with Crippen LogP contribution in [0.2, 0.25) is 0 Å². The van der Waals surface area contributed by atoms with Crippen molar-refractivity contribution in [3.05, 3.63) is 29.0 Å². The molecule has 0 N–H and O–H groups in total. The Bertz CT molecular complexity index is 501. The predicted octanol–water partition coefficient (Wildman–Crippen LogP) is 3.57. The molecule has 0 bridgehead atoms. The quantitative estimate of drug-likeness (QED) is 0.862. The standard InChI is InChI=1S/C12H13BrN2O/c1-3-8(2)16-10-5-12-11(15-7-10)4-9(13)6-14-12/h4-8H,3H2,1-2H3. The van der Waals surface area contributed by atoms with Gasteiger partial charge in [0.15, 0.2) is 0 Å². The lowest BCUT2D eigenvalue weighted by molar-refractivity contribution is 0.217. The monoisotopic (exact) mass is 280 g/mol. The van der Waals surface area contributed by atoms with Crippen LogP contribution in [0.1, 0.15) is 20.3 Å². The van der Waals surface area contributed by atoms with Crippen molar-refractivity contribution in [2.24, 2.45) is 0 Å². The van der Waals surface area contributed by atoms with E-state index in [1.165, 1.54) is 0 Å². The third-order valence-corrected chi connectivity index (χ3v) is 2.82. The highest BCUT2D eigenvalue weighted by molar-refractivity contribution is 9.10. The van der Waals surface area contributed by atoms with E-state index in [4.69, 9.17) is 4.74 Å². The van der Waals surface area contributed by atoms with E-state index in [1.807, 2.05) is 19.1 Å². The normalized spacial score (nSPS) is 12.7. The number of aromatic nitrogens is 2. The first-order valence-electron chi connectivity index (χ1n) is 5.27. The molecule has 0 saturated carbocycles. The maximum atomic E-state index is 5.69. The zero-order valence-corrected chi connectivity index (χ0v) is 10.9. The van der Waals surface area contributed by atoms with Gasteiger partial charge in [-0.25, -0.2) is 0 Å². The molecule has 1 atom stereocenters. The molecule has 2 aromatic heterocycles. The molecule has 1 unspecified atom stereocenters. The summed E-state index contributed by atoms with van der Waals surface area (Å²) in [7, 11) is 0. The molecule has 0 amide bonds. The second-order valence-corrected chi connectivity index (χ2v) is 4.62. The van der Waals surface area contributed by atoms with Crippen molar-refractivity contribution in [3.8, 4) is 5.75 Å². The van der Waals surface area contributed by atoms with Crippen LogP contribution in [0.3, 0.4) is 0 Å². The van der Waals surface area contributed by atoms with Gasteiger partial charge in [-0.15, -0.1) is 0 Å². The van der Waals surface area contributed by atoms with Gasteiger partial charge >= 0.3 is 0 Å².